The van der Waals surface area contributed by atoms with Gasteiger partial charge in [-0.15, -0.1) is 0 Å². The molecule has 0 aromatic heterocycles. The van der Waals surface area contributed by atoms with Crippen LogP contribution in [0.5, 0.6) is 0 Å². The van der Waals surface area contributed by atoms with Gasteiger partial charge >= 0.3 is 0 Å². The summed E-state index contributed by atoms with van der Waals surface area (Å²) < 4.78 is 23.5. The van der Waals surface area contributed by atoms with Crippen LogP contribution in [0.1, 0.15) is 38.5 Å². The van der Waals surface area contributed by atoms with Crippen molar-refractivity contribution in [2.45, 2.75) is 44.1 Å². The summed E-state index contributed by atoms with van der Waals surface area (Å²) in [7, 11) is -3.68. The van der Waals surface area contributed by atoms with Crippen molar-refractivity contribution in [1.29, 1.82) is 0 Å². The van der Waals surface area contributed by atoms with E-state index < -0.39 is 15.8 Å². The molecule has 0 atom stereocenters. The highest BCUT2D eigenvalue weighted by molar-refractivity contribution is 7.87. The summed E-state index contributed by atoms with van der Waals surface area (Å²) in [6.07, 6.45) is 5.41. The van der Waals surface area contributed by atoms with E-state index in [9.17, 15) is 13.5 Å². The fourth-order valence-electron chi connectivity index (χ4n) is 1.80. The van der Waals surface area contributed by atoms with E-state index in [1.807, 2.05) is 0 Å². The van der Waals surface area contributed by atoms with Crippen LogP contribution < -0.4 is 9.86 Å². The summed E-state index contributed by atoms with van der Waals surface area (Å²) in [5, 5.41) is 14.8. The monoisotopic (exact) mass is 222 g/mol. The lowest BCUT2D eigenvalue weighted by atomic mass is 9.95. The first-order valence-electron chi connectivity index (χ1n) is 4.91. The number of aliphatic hydroxyl groups is 1. The maximum Gasteiger partial charge on any atom is 0.274 e. The van der Waals surface area contributed by atoms with Gasteiger partial charge < -0.3 is 5.11 Å². The summed E-state index contributed by atoms with van der Waals surface area (Å²) in [5.41, 5.74) is -0.900. The van der Waals surface area contributed by atoms with Gasteiger partial charge in [-0.1, -0.05) is 25.7 Å². The topological polar surface area (TPSA) is 92.4 Å². The van der Waals surface area contributed by atoms with Crippen molar-refractivity contribution in [1.82, 2.24) is 4.72 Å². The van der Waals surface area contributed by atoms with Crippen LogP contribution in [-0.2, 0) is 10.2 Å². The van der Waals surface area contributed by atoms with Crippen molar-refractivity contribution in [3.8, 4) is 0 Å². The zero-order valence-corrected chi connectivity index (χ0v) is 9.02. The first-order valence-corrected chi connectivity index (χ1v) is 6.46. The number of nitrogens with one attached hydrogen (secondary N) is 1. The Bertz CT molecular complexity index is 268. The SMILES string of the molecule is NS(=O)(=O)NCC1(O)CCCCCC1. The van der Waals surface area contributed by atoms with E-state index in [1.54, 1.807) is 0 Å². The molecule has 0 aliphatic heterocycles. The molecule has 1 saturated carbocycles. The molecule has 6 heteroatoms. The van der Waals surface area contributed by atoms with Gasteiger partial charge in [0.15, 0.2) is 0 Å². The molecule has 0 bridgehead atoms. The highest BCUT2D eigenvalue weighted by Crippen LogP contribution is 2.26. The summed E-state index contributed by atoms with van der Waals surface area (Å²) >= 11 is 0. The van der Waals surface area contributed by atoms with Crippen molar-refractivity contribution < 1.29 is 13.5 Å². The standard InChI is InChI=1S/C8H18N2O3S/c9-14(12,13)10-7-8(11)5-3-1-2-4-6-8/h10-11H,1-7H2,(H2,9,12,13). The van der Waals surface area contributed by atoms with Gasteiger partial charge in [0.1, 0.15) is 0 Å². The molecular weight excluding hydrogens is 204 g/mol. The third-order valence-corrected chi connectivity index (χ3v) is 3.18. The third kappa shape index (κ3) is 4.36. The maximum absolute atomic E-state index is 10.7. The molecule has 1 rings (SSSR count). The highest BCUT2D eigenvalue weighted by atomic mass is 32.2. The Labute approximate surface area is 84.9 Å². The zero-order chi connectivity index (χ0) is 10.7. The van der Waals surface area contributed by atoms with Crippen LogP contribution >= 0.6 is 0 Å². The molecule has 5 nitrogen and oxygen atoms in total. The highest BCUT2D eigenvalue weighted by Gasteiger charge is 2.28. The molecule has 1 fully saturated rings. The van der Waals surface area contributed by atoms with Crippen LogP contribution in [-0.4, -0.2) is 25.7 Å². The molecule has 0 radical (unpaired) electrons. The normalized spacial score (nSPS) is 23.0. The largest absolute Gasteiger partial charge is 0.389 e. The fraction of sp³-hybridized carbons (Fsp3) is 1.00. The van der Waals surface area contributed by atoms with Crippen LogP contribution in [0.4, 0.5) is 0 Å². The minimum atomic E-state index is -3.68. The Hall–Kier alpha value is -0.170. The van der Waals surface area contributed by atoms with Gasteiger partial charge in [-0.25, -0.2) is 5.14 Å². The van der Waals surface area contributed by atoms with Crippen LogP contribution in [0.3, 0.4) is 0 Å². The quantitative estimate of drug-likeness (QED) is 0.580. The Morgan fingerprint density at radius 2 is 1.71 bits per heavy atom. The molecule has 0 heterocycles. The van der Waals surface area contributed by atoms with Crippen molar-refractivity contribution >= 4 is 10.2 Å². The Balaban J connectivity index is 2.47. The van der Waals surface area contributed by atoms with Crippen molar-refractivity contribution in [3.05, 3.63) is 0 Å². The van der Waals surface area contributed by atoms with E-state index in [1.165, 1.54) is 0 Å². The summed E-state index contributed by atoms with van der Waals surface area (Å²) in [5.74, 6) is 0. The first kappa shape index (κ1) is 11.9. The molecule has 14 heavy (non-hydrogen) atoms. The van der Waals surface area contributed by atoms with Gasteiger partial charge in [-0.2, -0.15) is 13.1 Å². The number of hydrogen-bond donors (Lipinski definition) is 3. The summed E-state index contributed by atoms with van der Waals surface area (Å²) in [6.45, 7) is 0.0336. The average Bonchev–Trinajstić information content (AvgIpc) is 2.27. The number of hydrogen-bond acceptors (Lipinski definition) is 3. The van der Waals surface area contributed by atoms with Gasteiger partial charge in [0.05, 0.1) is 5.60 Å². The van der Waals surface area contributed by atoms with Crippen LogP contribution in [0.15, 0.2) is 0 Å². The minimum absolute atomic E-state index is 0.0336. The van der Waals surface area contributed by atoms with Gasteiger partial charge in [0, 0.05) is 6.54 Å². The zero-order valence-electron chi connectivity index (χ0n) is 8.20. The Morgan fingerprint density at radius 1 is 1.21 bits per heavy atom. The fourth-order valence-corrected chi connectivity index (χ4v) is 2.27. The molecule has 1 aliphatic carbocycles. The van der Waals surface area contributed by atoms with Crippen molar-refractivity contribution in [2.24, 2.45) is 5.14 Å². The van der Waals surface area contributed by atoms with E-state index >= 15 is 0 Å². The molecule has 0 unspecified atom stereocenters. The molecule has 0 spiro atoms. The van der Waals surface area contributed by atoms with E-state index in [0.717, 1.165) is 25.7 Å². The average molecular weight is 222 g/mol. The van der Waals surface area contributed by atoms with Gasteiger partial charge in [-0.05, 0) is 12.8 Å². The minimum Gasteiger partial charge on any atom is -0.389 e. The molecule has 4 N–H and O–H groups in total. The molecule has 0 aromatic rings. The Morgan fingerprint density at radius 3 is 2.14 bits per heavy atom. The van der Waals surface area contributed by atoms with Crippen LogP contribution in [0.2, 0.25) is 0 Å². The maximum atomic E-state index is 10.7. The van der Waals surface area contributed by atoms with Crippen LogP contribution in [0.25, 0.3) is 0 Å². The Kier molecular flexibility index (Phi) is 3.88. The molecule has 0 aromatic carbocycles. The molecule has 84 valence electrons. The molecule has 1 aliphatic rings. The second kappa shape index (κ2) is 4.57. The van der Waals surface area contributed by atoms with E-state index in [4.69, 9.17) is 5.14 Å². The lowest BCUT2D eigenvalue weighted by molar-refractivity contribution is 0.0303. The van der Waals surface area contributed by atoms with E-state index in [-0.39, 0.29) is 6.54 Å². The second-order valence-electron chi connectivity index (χ2n) is 4.00. The predicted molar refractivity (Wildman–Crippen MR) is 53.8 cm³/mol. The molecule has 0 saturated heterocycles. The third-order valence-electron chi connectivity index (χ3n) is 2.64. The first-order chi connectivity index (χ1) is 6.41. The van der Waals surface area contributed by atoms with Gasteiger partial charge in [-0.3, -0.25) is 0 Å². The van der Waals surface area contributed by atoms with Gasteiger partial charge in [0.2, 0.25) is 0 Å². The van der Waals surface area contributed by atoms with E-state index in [2.05, 4.69) is 4.72 Å². The van der Waals surface area contributed by atoms with Crippen LogP contribution in [0, 0.1) is 0 Å². The summed E-state index contributed by atoms with van der Waals surface area (Å²) in [4.78, 5) is 0. The summed E-state index contributed by atoms with van der Waals surface area (Å²) in [6, 6.07) is 0. The van der Waals surface area contributed by atoms with Crippen molar-refractivity contribution in [3.63, 3.8) is 0 Å². The van der Waals surface area contributed by atoms with Crippen molar-refractivity contribution in [2.75, 3.05) is 6.54 Å². The molecule has 0 amide bonds. The predicted octanol–water partition coefficient (Wildman–Crippen LogP) is -0.135. The molecular formula is C8H18N2O3S. The smallest absolute Gasteiger partial charge is 0.274 e. The lowest BCUT2D eigenvalue weighted by Crippen LogP contribution is -2.44. The lowest BCUT2D eigenvalue weighted by Gasteiger charge is -2.26. The second-order valence-corrected chi connectivity index (χ2v) is 5.38. The number of rotatable bonds is 3. The number of nitrogens with two attached hydrogens (primary N) is 1. The van der Waals surface area contributed by atoms with Gasteiger partial charge in [0.25, 0.3) is 10.2 Å². The van der Waals surface area contributed by atoms with E-state index in [0.29, 0.717) is 12.8 Å².